The van der Waals surface area contributed by atoms with Crippen LogP contribution in [0.3, 0.4) is 0 Å². The Hall–Kier alpha value is -0.870. The van der Waals surface area contributed by atoms with Crippen LogP contribution in [0.5, 0.6) is 0 Å². The van der Waals surface area contributed by atoms with Gasteiger partial charge in [-0.05, 0) is 30.5 Å². The monoisotopic (exact) mass is 252 g/mol. The first-order valence-electron chi connectivity index (χ1n) is 6.09. The van der Waals surface area contributed by atoms with Gasteiger partial charge in [0.25, 0.3) is 0 Å². The number of rotatable bonds is 5. The van der Waals surface area contributed by atoms with Crippen molar-refractivity contribution in [2.45, 2.75) is 25.7 Å². The lowest BCUT2D eigenvalue weighted by molar-refractivity contribution is -0.122. The van der Waals surface area contributed by atoms with Crippen LogP contribution in [0.1, 0.15) is 25.1 Å². The zero-order valence-corrected chi connectivity index (χ0v) is 11.3. The molecule has 1 aliphatic rings. The lowest BCUT2D eigenvalue weighted by Crippen LogP contribution is -2.45. The molecule has 2 N–H and O–H groups in total. The molecule has 17 heavy (non-hydrogen) atoms. The van der Waals surface area contributed by atoms with Crippen molar-refractivity contribution in [2.24, 2.45) is 5.92 Å². The van der Waals surface area contributed by atoms with Crippen LogP contribution in [0.15, 0.2) is 17.5 Å². The third-order valence-corrected chi connectivity index (χ3v) is 4.49. The molecular weight excluding hydrogens is 232 g/mol. The van der Waals surface area contributed by atoms with E-state index in [1.165, 1.54) is 4.88 Å². The summed E-state index contributed by atoms with van der Waals surface area (Å²) in [7, 11) is 0. The molecule has 0 aliphatic carbocycles. The van der Waals surface area contributed by atoms with E-state index >= 15 is 0 Å². The topological polar surface area (TPSA) is 41.1 Å². The smallest absolute Gasteiger partial charge is 0.220 e. The standard InChI is InChI=1S/C13H20N2OS/c1-13(2,11-4-3-5-17-11)9-15-12(16)6-10-7-14-8-10/h3-5,10,14H,6-9H2,1-2H3,(H,15,16). The lowest BCUT2D eigenvalue weighted by Gasteiger charge is -2.28. The molecule has 0 unspecified atom stereocenters. The van der Waals surface area contributed by atoms with Crippen LogP contribution in [0.4, 0.5) is 0 Å². The molecule has 0 spiro atoms. The molecule has 94 valence electrons. The first-order chi connectivity index (χ1) is 8.08. The molecule has 1 aliphatic heterocycles. The second-order valence-electron chi connectivity index (χ2n) is 5.37. The average molecular weight is 252 g/mol. The Labute approximate surface area is 107 Å². The van der Waals surface area contributed by atoms with Gasteiger partial charge in [-0.25, -0.2) is 0 Å². The van der Waals surface area contributed by atoms with E-state index in [0.717, 1.165) is 13.1 Å². The predicted molar refractivity (Wildman–Crippen MR) is 71.3 cm³/mol. The van der Waals surface area contributed by atoms with Crippen LogP contribution < -0.4 is 10.6 Å². The third kappa shape index (κ3) is 3.30. The van der Waals surface area contributed by atoms with Gasteiger partial charge in [0.2, 0.25) is 5.91 Å². The van der Waals surface area contributed by atoms with E-state index in [1.807, 2.05) is 0 Å². The van der Waals surface area contributed by atoms with Gasteiger partial charge >= 0.3 is 0 Å². The van der Waals surface area contributed by atoms with Gasteiger partial charge < -0.3 is 10.6 Å². The number of carbonyl (C=O) groups is 1. The van der Waals surface area contributed by atoms with Crippen molar-refractivity contribution in [3.8, 4) is 0 Å². The molecule has 1 fully saturated rings. The summed E-state index contributed by atoms with van der Waals surface area (Å²) in [6.07, 6.45) is 0.660. The van der Waals surface area contributed by atoms with E-state index in [-0.39, 0.29) is 11.3 Å². The quantitative estimate of drug-likeness (QED) is 0.838. The second kappa shape index (κ2) is 5.19. The molecule has 0 bridgehead atoms. The largest absolute Gasteiger partial charge is 0.355 e. The third-order valence-electron chi connectivity index (χ3n) is 3.26. The summed E-state index contributed by atoms with van der Waals surface area (Å²) in [6.45, 7) is 7.03. The molecule has 4 heteroatoms. The van der Waals surface area contributed by atoms with Gasteiger partial charge in [-0.1, -0.05) is 19.9 Å². The van der Waals surface area contributed by atoms with E-state index < -0.39 is 0 Å². The fourth-order valence-corrected chi connectivity index (χ4v) is 2.75. The van der Waals surface area contributed by atoms with Gasteiger partial charge in [0.1, 0.15) is 0 Å². The number of nitrogens with one attached hydrogen (secondary N) is 2. The van der Waals surface area contributed by atoms with Crippen molar-refractivity contribution >= 4 is 17.2 Å². The number of hydrogen-bond acceptors (Lipinski definition) is 3. The second-order valence-corrected chi connectivity index (χ2v) is 6.31. The van der Waals surface area contributed by atoms with Gasteiger partial charge in [-0.3, -0.25) is 4.79 Å². The van der Waals surface area contributed by atoms with Crippen LogP contribution in [0.2, 0.25) is 0 Å². The van der Waals surface area contributed by atoms with E-state index in [2.05, 4.69) is 42.0 Å². The molecule has 0 radical (unpaired) electrons. The Balaban J connectivity index is 1.78. The van der Waals surface area contributed by atoms with Crippen molar-refractivity contribution in [3.05, 3.63) is 22.4 Å². The molecule has 1 aromatic heterocycles. The summed E-state index contributed by atoms with van der Waals surface area (Å²) in [5.74, 6) is 0.723. The Bertz CT molecular complexity index is 369. The van der Waals surface area contributed by atoms with Crippen molar-refractivity contribution in [3.63, 3.8) is 0 Å². The Morgan fingerprint density at radius 1 is 1.59 bits per heavy atom. The summed E-state index contributed by atoms with van der Waals surface area (Å²) in [4.78, 5) is 13.0. The van der Waals surface area contributed by atoms with Gasteiger partial charge in [-0.15, -0.1) is 11.3 Å². The summed E-state index contributed by atoms with van der Waals surface area (Å²) >= 11 is 1.75. The molecule has 1 amide bonds. The highest BCUT2D eigenvalue weighted by Gasteiger charge is 2.24. The number of amides is 1. The molecule has 3 nitrogen and oxygen atoms in total. The normalized spacial score (nSPS) is 16.6. The Kier molecular flexibility index (Phi) is 3.84. The zero-order valence-electron chi connectivity index (χ0n) is 10.5. The number of thiophene rings is 1. The van der Waals surface area contributed by atoms with Gasteiger partial charge in [0.05, 0.1) is 0 Å². The van der Waals surface area contributed by atoms with Gasteiger partial charge in [0, 0.05) is 23.3 Å². The minimum absolute atomic E-state index is 0.0295. The Morgan fingerprint density at radius 3 is 2.88 bits per heavy atom. The SMILES string of the molecule is CC(C)(CNC(=O)CC1CNC1)c1cccs1. The van der Waals surface area contributed by atoms with Crippen LogP contribution in [0.25, 0.3) is 0 Å². The molecule has 0 atom stereocenters. The molecule has 0 aromatic carbocycles. The van der Waals surface area contributed by atoms with Crippen LogP contribution in [-0.4, -0.2) is 25.5 Å². The van der Waals surface area contributed by atoms with Crippen LogP contribution in [-0.2, 0) is 10.2 Å². The van der Waals surface area contributed by atoms with Gasteiger partial charge in [-0.2, -0.15) is 0 Å². The van der Waals surface area contributed by atoms with E-state index in [1.54, 1.807) is 11.3 Å². The number of hydrogen-bond donors (Lipinski definition) is 2. The summed E-state index contributed by atoms with van der Waals surface area (Å²) in [6, 6.07) is 4.19. The maximum absolute atomic E-state index is 11.7. The van der Waals surface area contributed by atoms with Crippen molar-refractivity contribution < 1.29 is 4.79 Å². The van der Waals surface area contributed by atoms with Crippen molar-refractivity contribution in [1.29, 1.82) is 0 Å². The van der Waals surface area contributed by atoms with E-state index in [0.29, 0.717) is 18.9 Å². The minimum atomic E-state index is 0.0295. The predicted octanol–water partition coefficient (Wildman–Crippen LogP) is 1.75. The van der Waals surface area contributed by atoms with E-state index in [4.69, 9.17) is 0 Å². The fourth-order valence-electron chi connectivity index (χ4n) is 1.90. The van der Waals surface area contributed by atoms with Crippen LogP contribution in [0, 0.1) is 5.92 Å². The van der Waals surface area contributed by atoms with Crippen molar-refractivity contribution in [2.75, 3.05) is 19.6 Å². The minimum Gasteiger partial charge on any atom is -0.355 e. The summed E-state index contributed by atoms with van der Waals surface area (Å²) < 4.78 is 0. The Morgan fingerprint density at radius 2 is 2.35 bits per heavy atom. The molecule has 0 saturated carbocycles. The summed E-state index contributed by atoms with van der Waals surface area (Å²) in [5.41, 5.74) is 0.0295. The number of carbonyl (C=O) groups excluding carboxylic acids is 1. The molecular formula is C13H20N2OS. The van der Waals surface area contributed by atoms with Gasteiger partial charge in [0.15, 0.2) is 0 Å². The first kappa shape index (κ1) is 12.6. The zero-order chi connectivity index (χ0) is 12.3. The molecule has 1 saturated heterocycles. The maximum atomic E-state index is 11.7. The first-order valence-corrected chi connectivity index (χ1v) is 6.97. The fraction of sp³-hybridized carbons (Fsp3) is 0.615. The highest BCUT2D eigenvalue weighted by atomic mass is 32.1. The average Bonchev–Trinajstić information content (AvgIpc) is 2.74. The molecule has 2 heterocycles. The molecule has 1 aromatic rings. The lowest BCUT2D eigenvalue weighted by atomic mass is 9.91. The molecule has 2 rings (SSSR count). The van der Waals surface area contributed by atoms with E-state index in [9.17, 15) is 4.79 Å². The maximum Gasteiger partial charge on any atom is 0.220 e. The highest BCUT2D eigenvalue weighted by molar-refractivity contribution is 7.10. The van der Waals surface area contributed by atoms with Crippen LogP contribution >= 0.6 is 11.3 Å². The highest BCUT2D eigenvalue weighted by Crippen LogP contribution is 2.26. The van der Waals surface area contributed by atoms with Crippen molar-refractivity contribution in [1.82, 2.24) is 10.6 Å². The summed E-state index contributed by atoms with van der Waals surface area (Å²) in [5, 5.41) is 8.32.